The van der Waals surface area contributed by atoms with Crippen molar-refractivity contribution in [1.29, 1.82) is 0 Å². The van der Waals surface area contributed by atoms with Crippen molar-refractivity contribution in [3.05, 3.63) is 29.0 Å². The van der Waals surface area contributed by atoms with Crippen LogP contribution in [0, 0.1) is 0 Å². The Morgan fingerprint density at radius 2 is 1.78 bits per heavy atom. The SMILES string of the molecule is Cl.c1c(C2CCCCC2)cc2c3c(n4c2c1NCC4)CCCC3. The van der Waals surface area contributed by atoms with Crippen LogP contribution in [-0.2, 0) is 19.4 Å². The highest BCUT2D eigenvalue weighted by Crippen LogP contribution is 2.42. The first-order chi connectivity index (χ1) is 10.9. The van der Waals surface area contributed by atoms with E-state index in [2.05, 4.69) is 22.0 Å². The first kappa shape index (κ1) is 15.4. The zero-order valence-electron chi connectivity index (χ0n) is 13.9. The predicted octanol–water partition coefficient (Wildman–Crippen LogP) is 5.42. The van der Waals surface area contributed by atoms with Gasteiger partial charge in [-0.3, -0.25) is 0 Å². The number of anilines is 1. The van der Waals surface area contributed by atoms with E-state index in [1.165, 1.54) is 69.0 Å². The average Bonchev–Trinajstić information content (AvgIpc) is 2.92. The maximum Gasteiger partial charge on any atom is 0.0721 e. The molecule has 0 unspecified atom stereocenters. The van der Waals surface area contributed by atoms with Crippen molar-refractivity contribution in [2.75, 3.05) is 11.9 Å². The molecule has 0 radical (unpaired) electrons. The first-order valence-corrected chi connectivity index (χ1v) is 9.33. The van der Waals surface area contributed by atoms with E-state index < -0.39 is 0 Å². The van der Waals surface area contributed by atoms with Gasteiger partial charge >= 0.3 is 0 Å². The minimum atomic E-state index is 0. The lowest BCUT2D eigenvalue weighted by Crippen LogP contribution is -2.19. The Balaban J connectivity index is 0.00000135. The van der Waals surface area contributed by atoms with Crippen LogP contribution >= 0.6 is 12.4 Å². The third-order valence-corrected chi connectivity index (χ3v) is 6.22. The highest BCUT2D eigenvalue weighted by atomic mass is 35.5. The number of hydrogen-bond donors (Lipinski definition) is 1. The summed E-state index contributed by atoms with van der Waals surface area (Å²) in [5.41, 5.74) is 7.88. The number of rotatable bonds is 1. The molecule has 2 aromatic rings. The summed E-state index contributed by atoms with van der Waals surface area (Å²) in [5.74, 6) is 0.806. The van der Waals surface area contributed by atoms with Crippen LogP contribution in [0.4, 0.5) is 5.69 Å². The van der Waals surface area contributed by atoms with Gasteiger partial charge in [0.15, 0.2) is 0 Å². The number of halogens is 1. The van der Waals surface area contributed by atoms with Gasteiger partial charge < -0.3 is 9.88 Å². The molecular weight excluding hydrogens is 304 g/mol. The summed E-state index contributed by atoms with van der Waals surface area (Å²) >= 11 is 0. The Kier molecular flexibility index (Phi) is 4.05. The second-order valence-electron chi connectivity index (χ2n) is 7.51. The highest BCUT2D eigenvalue weighted by Gasteiger charge is 2.26. The highest BCUT2D eigenvalue weighted by molar-refractivity contribution is 5.97. The Bertz CT molecular complexity index is 725. The molecule has 3 heteroatoms. The van der Waals surface area contributed by atoms with Crippen molar-refractivity contribution >= 4 is 29.0 Å². The van der Waals surface area contributed by atoms with Gasteiger partial charge in [-0.15, -0.1) is 12.4 Å². The zero-order valence-corrected chi connectivity index (χ0v) is 14.7. The molecule has 1 aromatic heterocycles. The lowest BCUT2D eigenvalue weighted by Gasteiger charge is -2.25. The number of aryl methyl sites for hydroxylation is 1. The van der Waals surface area contributed by atoms with Crippen LogP contribution in [0.3, 0.4) is 0 Å². The maximum absolute atomic E-state index is 3.69. The van der Waals surface area contributed by atoms with Gasteiger partial charge in [-0.1, -0.05) is 19.3 Å². The Hall–Kier alpha value is -1.15. The number of hydrogen-bond acceptors (Lipinski definition) is 1. The molecule has 2 nitrogen and oxygen atoms in total. The molecule has 1 aromatic carbocycles. The fourth-order valence-corrected chi connectivity index (χ4v) is 5.15. The van der Waals surface area contributed by atoms with Crippen LogP contribution in [0.15, 0.2) is 12.1 Å². The molecule has 124 valence electrons. The monoisotopic (exact) mass is 330 g/mol. The molecule has 0 bridgehead atoms. The summed E-state index contributed by atoms with van der Waals surface area (Å²) in [4.78, 5) is 0. The van der Waals surface area contributed by atoms with E-state index in [9.17, 15) is 0 Å². The molecular formula is C20H27ClN2. The summed E-state index contributed by atoms with van der Waals surface area (Å²) in [6.07, 6.45) is 12.4. The van der Waals surface area contributed by atoms with Crippen LogP contribution in [0.5, 0.6) is 0 Å². The van der Waals surface area contributed by atoms with Gasteiger partial charge in [0.05, 0.1) is 11.2 Å². The van der Waals surface area contributed by atoms with Crippen molar-refractivity contribution in [3.8, 4) is 0 Å². The Labute approximate surface area is 145 Å². The number of benzene rings is 1. The second-order valence-corrected chi connectivity index (χ2v) is 7.51. The van der Waals surface area contributed by atoms with E-state index in [4.69, 9.17) is 0 Å². The largest absolute Gasteiger partial charge is 0.382 e. The van der Waals surface area contributed by atoms with E-state index in [1.807, 2.05) is 0 Å². The summed E-state index contributed by atoms with van der Waals surface area (Å²) in [6.45, 7) is 2.25. The predicted molar refractivity (Wildman–Crippen MR) is 100 cm³/mol. The fourth-order valence-electron chi connectivity index (χ4n) is 5.15. The molecule has 1 N–H and O–H groups in total. The maximum atomic E-state index is 3.69. The van der Waals surface area contributed by atoms with Crippen molar-refractivity contribution in [2.24, 2.45) is 0 Å². The third kappa shape index (κ3) is 2.38. The molecule has 0 amide bonds. The lowest BCUT2D eigenvalue weighted by molar-refractivity contribution is 0.444. The van der Waals surface area contributed by atoms with Crippen LogP contribution in [0.1, 0.15) is 67.7 Å². The molecule has 1 saturated carbocycles. The summed E-state index contributed by atoms with van der Waals surface area (Å²) in [7, 11) is 0. The van der Waals surface area contributed by atoms with Gasteiger partial charge in [-0.05, 0) is 67.7 Å². The van der Waals surface area contributed by atoms with Crippen LogP contribution in [0.2, 0.25) is 0 Å². The molecule has 23 heavy (non-hydrogen) atoms. The minimum absolute atomic E-state index is 0. The average molecular weight is 331 g/mol. The van der Waals surface area contributed by atoms with E-state index in [-0.39, 0.29) is 12.4 Å². The molecule has 3 aliphatic rings. The summed E-state index contributed by atoms with van der Waals surface area (Å²) in [6, 6.07) is 5.06. The number of nitrogens with zero attached hydrogens (tertiary/aromatic N) is 1. The minimum Gasteiger partial charge on any atom is -0.382 e. The van der Waals surface area contributed by atoms with Gasteiger partial charge in [0.25, 0.3) is 0 Å². The van der Waals surface area contributed by atoms with E-state index in [0.717, 1.165) is 19.0 Å². The lowest BCUT2D eigenvalue weighted by atomic mass is 9.83. The molecule has 2 heterocycles. The van der Waals surface area contributed by atoms with Gasteiger partial charge in [-0.25, -0.2) is 0 Å². The van der Waals surface area contributed by atoms with Gasteiger partial charge in [-0.2, -0.15) is 0 Å². The van der Waals surface area contributed by atoms with Crippen LogP contribution < -0.4 is 5.32 Å². The molecule has 1 aliphatic heterocycles. The molecule has 5 rings (SSSR count). The third-order valence-electron chi connectivity index (χ3n) is 6.22. The van der Waals surface area contributed by atoms with Crippen molar-refractivity contribution in [3.63, 3.8) is 0 Å². The normalized spacial score (nSPS) is 20.7. The quantitative estimate of drug-likeness (QED) is 0.739. The zero-order chi connectivity index (χ0) is 14.5. The topological polar surface area (TPSA) is 17.0 Å². The summed E-state index contributed by atoms with van der Waals surface area (Å²) in [5, 5.41) is 5.28. The first-order valence-electron chi connectivity index (χ1n) is 9.33. The van der Waals surface area contributed by atoms with Gasteiger partial charge in [0, 0.05) is 24.2 Å². The van der Waals surface area contributed by atoms with Gasteiger partial charge in [0.1, 0.15) is 0 Å². The Morgan fingerprint density at radius 3 is 2.65 bits per heavy atom. The molecule has 0 atom stereocenters. The van der Waals surface area contributed by atoms with Crippen LogP contribution in [-0.4, -0.2) is 11.1 Å². The smallest absolute Gasteiger partial charge is 0.0721 e. The molecule has 2 aliphatic carbocycles. The number of aromatic nitrogens is 1. The number of nitrogens with one attached hydrogen (secondary N) is 1. The number of fused-ring (bicyclic) bond motifs is 3. The molecule has 0 spiro atoms. The fraction of sp³-hybridized carbons (Fsp3) is 0.600. The standard InChI is InChI=1S/C20H26N2.ClH/c1-2-6-14(7-3-1)15-12-17-16-8-4-5-9-19(16)22-11-10-21-18(13-15)20(17)22;/h12-14,21H,1-11H2;1H. The van der Waals surface area contributed by atoms with Crippen LogP contribution in [0.25, 0.3) is 10.9 Å². The Morgan fingerprint density at radius 1 is 0.957 bits per heavy atom. The van der Waals surface area contributed by atoms with E-state index in [0.29, 0.717) is 0 Å². The van der Waals surface area contributed by atoms with Crippen molar-refractivity contribution in [1.82, 2.24) is 4.57 Å². The van der Waals surface area contributed by atoms with Gasteiger partial charge in [0.2, 0.25) is 0 Å². The van der Waals surface area contributed by atoms with Crippen molar-refractivity contribution < 1.29 is 0 Å². The van der Waals surface area contributed by atoms with E-state index >= 15 is 0 Å². The summed E-state index contributed by atoms with van der Waals surface area (Å²) < 4.78 is 2.64. The molecule has 1 fully saturated rings. The second kappa shape index (κ2) is 6.05. The molecule has 0 saturated heterocycles. The van der Waals surface area contributed by atoms with Crippen molar-refractivity contribution in [2.45, 2.75) is 70.3 Å². The van der Waals surface area contributed by atoms with E-state index in [1.54, 1.807) is 22.2 Å².